The molecule has 2 atom stereocenters. The zero-order valence-corrected chi connectivity index (χ0v) is 11.1. The van der Waals surface area contributed by atoms with E-state index in [1.165, 1.54) is 6.07 Å². The predicted octanol–water partition coefficient (Wildman–Crippen LogP) is 2.73. The number of nitrogen functional groups attached to an aromatic ring is 1. The Labute approximate surface area is 106 Å². The third kappa shape index (κ3) is 2.75. The number of hydrogen-bond donors (Lipinski definition) is 1. The maximum Gasteiger partial charge on any atom is 0.146 e. The van der Waals surface area contributed by atoms with Crippen LogP contribution in [0.25, 0.3) is 0 Å². The molecule has 1 aliphatic heterocycles. The van der Waals surface area contributed by atoms with Gasteiger partial charge in [-0.3, -0.25) is 4.90 Å². The molecule has 2 N–H and O–H groups in total. The number of hydrogen-bond acceptors (Lipinski definition) is 3. The zero-order chi connectivity index (χ0) is 12.4. The van der Waals surface area contributed by atoms with Crippen LogP contribution in [0.15, 0.2) is 18.2 Å². The highest BCUT2D eigenvalue weighted by Gasteiger charge is 2.25. The van der Waals surface area contributed by atoms with Crippen molar-refractivity contribution in [3.63, 3.8) is 0 Å². The lowest BCUT2D eigenvalue weighted by Gasteiger charge is -2.37. The second kappa shape index (κ2) is 5.27. The Morgan fingerprint density at radius 3 is 3.00 bits per heavy atom. The zero-order valence-electron chi connectivity index (χ0n) is 10.3. The van der Waals surface area contributed by atoms with Gasteiger partial charge in [-0.2, -0.15) is 11.8 Å². The fraction of sp³-hybridized carbons (Fsp3) is 0.538. The number of nitrogens with two attached hydrogens (primary N) is 1. The summed E-state index contributed by atoms with van der Waals surface area (Å²) in [6.45, 7) is 6.27. The molecule has 1 heterocycles. The summed E-state index contributed by atoms with van der Waals surface area (Å²) in [4.78, 5) is 2.38. The van der Waals surface area contributed by atoms with Gasteiger partial charge in [0.25, 0.3) is 0 Å². The molecule has 1 aliphatic rings. The average Bonchev–Trinajstić information content (AvgIpc) is 2.31. The first-order valence-corrected chi connectivity index (χ1v) is 7.03. The van der Waals surface area contributed by atoms with Crippen molar-refractivity contribution in [1.82, 2.24) is 4.90 Å². The van der Waals surface area contributed by atoms with Gasteiger partial charge in [0, 0.05) is 30.1 Å². The minimum absolute atomic E-state index is 0.297. The summed E-state index contributed by atoms with van der Waals surface area (Å²) < 4.78 is 13.4. The van der Waals surface area contributed by atoms with E-state index < -0.39 is 0 Å². The second-order valence-electron chi connectivity index (χ2n) is 4.60. The van der Waals surface area contributed by atoms with Crippen LogP contribution < -0.4 is 5.73 Å². The Bertz CT molecular complexity index is 397. The van der Waals surface area contributed by atoms with E-state index >= 15 is 0 Å². The van der Waals surface area contributed by atoms with Gasteiger partial charge in [-0.1, -0.05) is 19.1 Å². The molecule has 1 saturated heterocycles. The highest BCUT2D eigenvalue weighted by molar-refractivity contribution is 8.00. The minimum atomic E-state index is -0.311. The number of benzene rings is 1. The Balaban J connectivity index is 2.12. The van der Waals surface area contributed by atoms with E-state index in [0.717, 1.165) is 24.4 Å². The van der Waals surface area contributed by atoms with Crippen molar-refractivity contribution in [3.8, 4) is 0 Å². The molecular weight excluding hydrogens is 235 g/mol. The molecule has 1 aromatic carbocycles. The fourth-order valence-electron chi connectivity index (χ4n) is 2.16. The third-order valence-electron chi connectivity index (χ3n) is 3.53. The first-order chi connectivity index (χ1) is 8.09. The first-order valence-electron chi connectivity index (χ1n) is 5.98. The van der Waals surface area contributed by atoms with E-state index in [4.69, 9.17) is 5.73 Å². The van der Waals surface area contributed by atoms with E-state index in [0.29, 0.717) is 17.0 Å². The van der Waals surface area contributed by atoms with Gasteiger partial charge in [-0.25, -0.2) is 4.39 Å². The lowest BCUT2D eigenvalue weighted by Crippen LogP contribution is -2.44. The minimum Gasteiger partial charge on any atom is -0.396 e. The monoisotopic (exact) mass is 254 g/mol. The van der Waals surface area contributed by atoms with Crippen LogP contribution in [-0.4, -0.2) is 28.5 Å². The molecule has 2 unspecified atom stereocenters. The summed E-state index contributed by atoms with van der Waals surface area (Å²) in [6, 6.07) is 5.57. The summed E-state index contributed by atoms with van der Waals surface area (Å²) in [5, 5.41) is 0.624. The van der Waals surface area contributed by atoms with Crippen LogP contribution in [0, 0.1) is 5.82 Å². The molecule has 17 heavy (non-hydrogen) atoms. The molecule has 2 nitrogen and oxygen atoms in total. The summed E-state index contributed by atoms with van der Waals surface area (Å²) in [5.41, 5.74) is 6.97. The largest absolute Gasteiger partial charge is 0.396 e. The molecule has 0 bridgehead atoms. The summed E-state index contributed by atoms with van der Waals surface area (Å²) >= 11 is 2.00. The molecule has 0 spiro atoms. The van der Waals surface area contributed by atoms with Gasteiger partial charge in [-0.05, 0) is 18.6 Å². The normalized spacial score (nSPS) is 26.1. The van der Waals surface area contributed by atoms with Gasteiger partial charge in [0.1, 0.15) is 5.82 Å². The van der Waals surface area contributed by atoms with Gasteiger partial charge >= 0.3 is 0 Å². The van der Waals surface area contributed by atoms with Gasteiger partial charge in [0.15, 0.2) is 0 Å². The van der Waals surface area contributed by atoms with Crippen molar-refractivity contribution < 1.29 is 4.39 Å². The Morgan fingerprint density at radius 2 is 2.24 bits per heavy atom. The van der Waals surface area contributed by atoms with Crippen molar-refractivity contribution in [3.05, 3.63) is 29.6 Å². The van der Waals surface area contributed by atoms with Crippen LogP contribution in [-0.2, 0) is 6.54 Å². The van der Waals surface area contributed by atoms with Crippen LogP contribution in [0.3, 0.4) is 0 Å². The molecule has 1 fully saturated rings. The molecule has 2 rings (SSSR count). The van der Waals surface area contributed by atoms with Gasteiger partial charge < -0.3 is 5.73 Å². The van der Waals surface area contributed by atoms with E-state index in [9.17, 15) is 4.39 Å². The molecule has 0 aliphatic carbocycles. The fourth-order valence-corrected chi connectivity index (χ4v) is 3.32. The first kappa shape index (κ1) is 12.7. The number of para-hydroxylation sites is 1. The smallest absolute Gasteiger partial charge is 0.146 e. The predicted molar refractivity (Wildman–Crippen MR) is 72.6 cm³/mol. The van der Waals surface area contributed by atoms with E-state index in [1.54, 1.807) is 6.07 Å². The molecule has 4 heteroatoms. The number of anilines is 1. The molecule has 1 aromatic rings. The van der Waals surface area contributed by atoms with Crippen LogP contribution in [0.4, 0.5) is 10.1 Å². The van der Waals surface area contributed by atoms with E-state index in [-0.39, 0.29) is 5.82 Å². The topological polar surface area (TPSA) is 29.3 Å². The standard InChI is InChI=1S/C13H19FN2S/c1-9-10(2)17-7-6-16(9)8-11-4-3-5-12(14)13(11)15/h3-5,9-10H,6-8,15H2,1-2H3. The molecule has 94 valence electrons. The summed E-state index contributed by atoms with van der Waals surface area (Å²) in [6.07, 6.45) is 0. The van der Waals surface area contributed by atoms with Crippen molar-refractivity contribution >= 4 is 17.4 Å². The van der Waals surface area contributed by atoms with Crippen LogP contribution in [0.5, 0.6) is 0 Å². The van der Waals surface area contributed by atoms with Crippen molar-refractivity contribution in [1.29, 1.82) is 0 Å². The number of rotatable bonds is 2. The third-order valence-corrected chi connectivity index (χ3v) is 4.87. The summed E-state index contributed by atoms with van der Waals surface area (Å²) in [5.74, 6) is 0.829. The lowest BCUT2D eigenvalue weighted by atomic mass is 10.1. The van der Waals surface area contributed by atoms with Crippen molar-refractivity contribution in [2.24, 2.45) is 0 Å². The molecule has 0 aromatic heterocycles. The van der Waals surface area contributed by atoms with Crippen LogP contribution in [0.1, 0.15) is 19.4 Å². The van der Waals surface area contributed by atoms with Gasteiger partial charge in [-0.15, -0.1) is 0 Å². The van der Waals surface area contributed by atoms with Gasteiger partial charge in [0.2, 0.25) is 0 Å². The lowest BCUT2D eigenvalue weighted by molar-refractivity contribution is 0.204. The summed E-state index contributed by atoms with van der Waals surface area (Å²) in [7, 11) is 0. The van der Waals surface area contributed by atoms with E-state index in [1.807, 2.05) is 17.8 Å². The number of halogens is 1. The Kier molecular flexibility index (Phi) is 3.94. The second-order valence-corrected chi connectivity index (χ2v) is 6.08. The SMILES string of the molecule is CC1SCCN(Cc2cccc(F)c2N)C1C. The van der Waals surface area contributed by atoms with Crippen LogP contribution in [0.2, 0.25) is 0 Å². The van der Waals surface area contributed by atoms with Gasteiger partial charge in [0.05, 0.1) is 5.69 Å². The van der Waals surface area contributed by atoms with E-state index in [2.05, 4.69) is 18.7 Å². The Morgan fingerprint density at radius 1 is 1.47 bits per heavy atom. The highest BCUT2D eigenvalue weighted by atomic mass is 32.2. The van der Waals surface area contributed by atoms with Crippen molar-refractivity contribution in [2.45, 2.75) is 31.7 Å². The highest BCUT2D eigenvalue weighted by Crippen LogP contribution is 2.27. The molecule has 0 amide bonds. The Hall–Kier alpha value is -0.740. The maximum absolute atomic E-state index is 13.4. The van der Waals surface area contributed by atoms with Crippen LogP contribution >= 0.6 is 11.8 Å². The molecule has 0 radical (unpaired) electrons. The quantitative estimate of drug-likeness (QED) is 0.823. The number of thioether (sulfide) groups is 1. The maximum atomic E-state index is 13.4. The molecular formula is C13H19FN2S. The average molecular weight is 254 g/mol. The molecule has 0 saturated carbocycles. The number of nitrogens with zero attached hydrogens (tertiary/aromatic N) is 1. The van der Waals surface area contributed by atoms with Crippen molar-refractivity contribution in [2.75, 3.05) is 18.0 Å².